The van der Waals surface area contributed by atoms with Crippen molar-refractivity contribution in [1.29, 1.82) is 0 Å². The van der Waals surface area contributed by atoms with Crippen molar-refractivity contribution in [1.82, 2.24) is 5.32 Å². The lowest BCUT2D eigenvalue weighted by Crippen LogP contribution is -2.41. The predicted octanol–water partition coefficient (Wildman–Crippen LogP) is 2.70. The summed E-state index contributed by atoms with van der Waals surface area (Å²) in [5.74, 6) is -0.134. The molecule has 1 fully saturated rings. The zero-order valence-corrected chi connectivity index (χ0v) is 13.0. The van der Waals surface area contributed by atoms with E-state index in [1.54, 1.807) is 18.2 Å². The first-order chi connectivity index (χ1) is 10.5. The fourth-order valence-corrected chi connectivity index (χ4v) is 2.20. The maximum absolute atomic E-state index is 12.4. The van der Waals surface area contributed by atoms with Crippen LogP contribution in [0.3, 0.4) is 0 Å². The Morgan fingerprint density at radius 2 is 2.00 bits per heavy atom. The second-order valence-corrected chi connectivity index (χ2v) is 6.24. The molecule has 1 aliphatic rings. The maximum atomic E-state index is 12.4. The first kappa shape index (κ1) is 16.3. The largest absolute Gasteiger partial charge is 0.492 e. The van der Waals surface area contributed by atoms with Crippen LogP contribution in [0.25, 0.3) is 0 Å². The summed E-state index contributed by atoms with van der Waals surface area (Å²) >= 11 is 0. The van der Waals surface area contributed by atoms with Crippen molar-refractivity contribution < 1.29 is 19.4 Å². The van der Waals surface area contributed by atoms with Crippen LogP contribution < -0.4 is 10.1 Å². The number of benzene rings is 1. The molecule has 2 N–H and O–H groups in total. The van der Waals surface area contributed by atoms with Gasteiger partial charge in [0.2, 0.25) is 0 Å². The molecule has 0 heterocycles. The van der Waals surface area contributed by atoms with E-state index in [9.17, 15) is 14.7 Å². The van der Waals surface area contributed by atoms with E-state index in [0.717, 1.165) is 0 Å². The summed E-state index contributed by atoms with van der Waals surface area (Å²) in [5.41, 5.74) is 0.387. The number of hydrogen-bond donors (Lipinski definition) is 2. The van der Waals surface area contributed by atoms with Crippen LogP contribution in [0, 0.1) is 11.8 Å². The minimum absolute atomic E-state index is 0.183. The van der Waals surface area contributed by atoms with Crippen LogP contribution in [0.4, 0.5) is 0 Å². The zero-order chi connectivity index (χ0) is 16.1. The number of para-hydroxylation sites is 1. The van der Waals surface area contributed by atoms with E-state index in [-0.39, 0.29) is 5.92 Å². The number of carboxylic acid groups (broad SMARTS) is 1. The molecule has 120 valence electrons. The van der Waals surface area contributed by atoms with Crippen LogP contribution in [0.5, 0.6) is 5.75 Å². The average Bonchev–Trinajstić information content (AvgIpc) is 3.28. The van der Waals surface area contributed by atoms with Crippen LogP contribution in [-0.2, 0) is 4.79 Å². The lowest BCUT2D eigenvalue weighted by atomic mass is 10.0. The minimum Gasteiger partial charge on any atom is -0.492 e. The molecule has 0 bridgehead atoms. The highest BCUT2D eigenvalue weighted by Gasteiger charge is 2.25. The molecule has 22 heavy (non-hydrogen) atoms. The molecule has 1 saturated carbocycles. The van der Waals surface area contributed by atoms with Crippen molar-refractivity contribution in [2.24, 2.45) is 11.8 Å². The number of hydrogen-bond acceptors (Lipinski definition) is 3. The van der Waals surface area contributed by atoms with E-state index in [1.807, 2.05) is 19.9 Å². The van der Waals surface area contributed by atoms with Crippen molar-refractivity contribution in [2.75, 3.05) is 6.61 Å². The molecule has 5 heteroatoms. The first-order valence-corrected chi connectivity index (χ1v) is 7.73. The number of amides is 1. The van der Waals surface area contributed by atoms with Gasteiger partial charge in [0.15, 0.2) is 0 Å². The molecule has 1 aromatic rings. The van der Waals surface area contributed by atoms with Gasteiger partial charge in [-0.3, -0.25) is 4.79 Å². The molecule has 0 unspecified atom stereocenters. The summed E-state index contributed by atoms with van der Waals surface area (Å²) in [6, 6.07) is 6.07. The fraction of sp³-hybridized carbons (Fsp3) is 0.529. The van der Waals surface area contributed by atoms with Gasteiger partial charge >= 0.3 is 5.97 Å². The van der Waals surface area contributed by atoms with Gasteiger partial charge in [0, 0.05) is 0 Å². The quantitative estimate of drug-likeness (QED) is 0.774. The van der Waals surface area contributed by atoms with E-state index < -0.39 is 17.9 Å². The number of carboxylic acids is 1. The van der Waals surface area contributed by atoms with Gasteiger partial charge in [-0.05, 0) is 43.2 Å². The third kappa shape index (κ3) is 4.76. The summed E-state index contributed by atoms with van der Waals surface area (Å²) in [4.78, 5) is 23.6. The van der Waals surface area contributed by atoms with Gasteiger partial charge in [-0.2, -0.15) is 0 Å². The number of nitrogens with one attached hydrogen (secondary N) is 1. The fourth-order valence-electron chi connectivity index (χ4n) is 2.20. The number of carbonyl (C=O) groups is 2. The van der Waals surface area contributed by atoms with Crippen molar-refractivity contribution >= 4 is 11.9 Å². The van der Waals surface area contributed by atoms with Gasteiger partial charge in [-0.15, -0.1) is 0 Å². The number of rotatable bonds is 8. The second-order valence-electron chi connectivity index (χ2n) is 6.24. The molecule has 0 aliphatic heterocycles. The Morgan fingerprint density at radius 1 is 1.32 bits per heavy atom. The Morgan fingerprint density at radius 3 is 2.59 bits per heavy atom. The van der Waals surface area contributed by atoms with Gasteiger partial charge in [-0.25, -0.2) is 4.79 Å². The first-order valence-electron chi connectivity index (χ1n) is 7.73. The molecule has 1 aromatic carbocycles. The maximum Gasteiger partial charge on any atom is 0.326 e. The van der Waals surface area contributed by atoms with Gasteiger partial charge < -0.3 is 15.2 Å². The van der Waals surface area contributed by atoms with Crippen LogP contribution in [0.2, 0.25) is 0 Å². The van der Waals surface area contributed by atoms with E-state index >= 15 is 0 Å². The number of carbonyl (C=O) groups excluding carboxylic acids is 1. The molecule has 0 spiro atoms. The summed E-state index contributed by atoms with van der Waals surface area (Å²) in [6.07, 6.45) is 2.74. The Hall–Kier alpha value is -2.04. The molecule has 2 rings (SSSR count). The van der Waals surface area contributed by atoms with E-state index in [4.69, 9.17) is 4.74 Å². The topological polar surface area (TPSA) is 75.6 Å². The van der Waals surface area contributed by atoms with Crippen LogP contribution in [-0.4, -0.2) is 29.6 Å². The van der Waals surface area contributed by atoms with Crippen molar-refractivity contribution in [3.63, 3.8) is 0 Å². The number of aliphatic carboxylic acids is 1. The van der Waals surface area contributed by atoms with Crippen molar-refractivity contribution in [3.8, 4) is 5.75 Å². The van der Waals surface area contributed by atoms with Gasteiger partial charge in [-0.1, -0.05) is 26.0 Å². The van der Waals surface area contributed by atoms with Gasteiger partial charge in [0.1, 0.15) is 11.8 Å². The van der Waals surface area contributed by atoms with E-state index in [2.05, 4.69) is 5.32 Å². The lowest BCUT2D eigenvalue weighted by molar-refractivity contribution is -0.139. The molecular weight excluding hydrogens is 282 g/mol. The number of ether oxygens (including phenoxy) is 1. The summed E-state index contributed by atoms with van der Waals surface area (Å²) in [5, 5.41) is 11.8. The highest BCUT2D eigenvalue weighted by Crippen LogP contribution is 2.30. The summed E-state index contributed by atoms with van der Waals surface area (Å²) < 4.78 is 5.70. The second kappa shape index (κ2) is 7.29. The Bertz CT molecular complexity index is 537. The summed E-state index contributed by atoms with van der Waals surface area (Å²) in [7, 11) is 0. The zero-order valence-electron chi connectivity index (χ0n) is 13.0. The minimum atomic E-state index is -1.02. The molecule has 1 atom stereocenters. The highest BCUT2D eigenvalue weighted by molar-refractivity contribution is 5.98. The standard InChI is InChI=1S/C17H23NO4/c1-11(2)9-14(17(20)21)18-16(19)13-5-3-4-6-15(13)22-10-12-7-8-12/h3-6,11-12,14H,7-10H2,1-2H3,(H,18,19)(H,20,21)/t14-/m1/s1. The van der Waals surface area contributed by atoms with Crippen LogP contribution in [0.15, 0.2) is 24.3 Å². The van der Waals surface area contributed by atoms with E-state index in [1.165, 1.54) is 12.8 Å². The highest BCUT2D eigenvalue weighted by atomic mass is 16.5. The molecule has 0 saturated heterocycles. The normalized spacial score (nSPS) is 15.4. The van der Waals surface area contributed by atoms with Gasteiger partial charge in [0.05, 0.1) is 12.2 Å². The predicted molar refractivity (Wildman–Crippen MR) is 83.0 cm³/mol. The molecule has 0 aromatic heterocycles. The van der Waals surface area contributed by atoms with Crippen LogP contribution >= 0.6 is 0 Å². The Labute approximate surface area is 130 Å². The Kier molecular flexibility index (Phi) is 5.41. The average molecular weight is 305 g/mol. The smallest absolute Gasteiger partial charge is 0.326 e. The lowest BCUT2D eigenvalue weighted by Gasteiger charge is -2.17. The van der Waals surface area contributed by atoms with Crippen LogP contribution in [0.1, 0.15) is 43.5 Å². The monoisotopic (exact) mass is 305 g/mol. The Balaban J connectivity index is 2.05. The van der Waals surface area contributed by atoms with Crippen molar-refractivity contribution in [2.45, 2.75) is 39.2 Å². The third-order valence-electron chi connectivity index (χ3n) is 3.61. The SMILES string of the molecule is CC(C)C[C@@H](NC(=O)c1ccccc1OCC1CC1)C(=O)O. The molecular formula is C17H23NO4. The van der Waals surface area contributed by atoms with Crippen molar-refractivity contribution in [3.05, 3.63) is 29.8 Å². The molecule has 1 amide bonds. The van der Waals surface area contributed by atoms with E-state index in [0.29, 0.717) is 30.3 Å². The third-order valence-corrected chi connectivity index (χ3v) is 3.61. The van der Waals surface area contributed by atoms with Gasteiger partial charge in [0.25, 0.3) is 5.91 Å². The summed E-state index contributed by atoms with van der Waals surface area (Å²) in [6.45, 7) is 4.46. The molecule has 1 aliphatic carbocycles. The molecule has 5 nitrogen and oxygen atoms in total. The molecule has 0 radical (unpaired) electrons.